The number of ether oxygens (including phenoxy) is 4. The second-order valence-electron chi connectivity index (χ2n) is 10.5. The van der Waals surface area contributed by atoms with E-state index in [4.69, 9.17) is 18.9 Å². The molecule has 1 saturated heterocycles. The molecule has 7 unspecified atom stereocenters. The highest BCUT2D eigenvalue weighted by Gasteiger charge is 2.78. The quantitative estimate of drug-likeness (QED) is 0.496. The summed E-state index contributed by atoms with van der Waals surface area (Å²) in [5, 5.41) is 0. The summed E-state index contributed by atoms with van der Waals surface area (Å²) in [6.45, 7) is 10.8. The van der Waals surface area contributed by atoms with E-state index in [9.17, 15) is 14.4 Å². The lowest BCUT2D eigenvalue weighted by Crippen LogP contribution is -2.73. The number of fused-ring (bicyclic) bond motifs is 1. The zero-order valence-electron chi connectivity index (χ0n) is 20.3. The van der Waals surface area contributed by atoms with E-state index in [0.717, 1.165) is 6.42 Å². The van der Waals surface area contributed by atoms with Crippen molar-refractivity contribution in [1.82, 2.24) is 0 Å². The van der Waals surface area contributed by atoms with E-state index in [0.29, 0.717) is 18.4 Å². The van der Waals surface area contributed by atoms with E-state index < -0.39 is 46.9 Å². The van der Waals surface area contributed by atoms with Gasteiger partial charge in [0.15, 0.2) is 0 Å². The molecule has 2 saturated carbocycles. The van der Waals surface area contributed by atoms with E-state index >= 15 is 0 Å². The van der Waals surface area contributed by atoms with Crippen molar-refractivity contribution in [2.24, 2.45) is 17.3 Å². The highest BCUT2D eigenvalue weighted by atomic mass is 16.6. The van der Waals surface area contributed by atoms with Gasteiger partial charge in [-0.3, -0.25) is 9.59 Å². The van der Waals surface area contributed by atoms with Gasteiger partial charge < -0.3 is 18.9 Å². The van der Waals surface area contributed by atoms with E-state index in [2.05, 4.69) is 6.92 Å². The van der Waals surface area contributed by atoms with Crippen LogP contribution in [0.2, 0.25) is 0 Å². The first-order valence-electron chi connectivity index (χ1n) is 11.7. The number of hydrogen-bond donors (Lipinski definition) is 0. The Bertz CT molecular complexity index is 941. The Hall–Kier alpha value is -2.41. The van der Waals surface area contributed by atoms with Gasteiger partial charge in [-0.25, -0.2) is 4.79 Å². The Morgan fingerprint density at radius 2 is 1.55 bits per heavy atom. The van der Waals surface area contributed by atoms with E-state index in [-0.39, 0.29) is 17.8 Å². The van der Waals surface area contributed by atoms with Gasteiger partial charge >= 0.3 is 17.9 Å². The predicted octanol–water partition coefficient (Wildman–Crippen LogP) is 4.08. The Morgan fingerprint density at radius 3 is 2.15 bits per heavy atom. The molecule has 0 amide bonds. The van der Waals surface area contributed by atoms with Gasteiger partial charge in [0.2, 0.25) is 0 Å². The molecule has 0 N–H and O–H groups in total. The lowest BCUT2D eigenvalue weighted by Gasteiger charge is -2.61. The molecule has 33 heavy (non-hydrogen) atoms. The molecular weight excluding hydrogens is 424 g/mol. The summed E-state index contributed by atoms with van der Waals surface area (Å²) < 4.78 is 24.8. The Morgan fingerprint density at radius 1 is 0.909 bits per heavy atom. The summed E-state index contributed by atoms with van der Waals surface area (Å²) in [6.07, 6.45) is 0.0975. The standard InChI is InChI=1S/C26H34O7/c1-15-12-13-20(32-23(29)18-10-8-7-9-11-18)25(6)21(30-16(2)27)14-19-22(31-17(3)28)26(15,25)33-24(19,4)5/h7-11,15,19-22H,12-14H2,1-6H3. The van der Waals surface area contributed by atoms with Crippen molar-refractivity contribution in [2.45, 2.75) is 90.3 Å². The molecule has 1 aliphatic heterocycles. The van der Waals surface area contributed by atoms with Crippen molar-refractivity contribution in [1.29, 1.82) is 0 Å². The molecule has 4 rings (SSSR count). The highest BCUT2D eigenvalue weighted by Crippen LogP contribution is 2.67. The van der Waals surface area contributed by atoms with Crippen LogP contribution in [0.1, 0.15) is 71.2 Å². The van der Waals surface area contributed by atoms with Gasteiger partial charge in [-0.05, 0) is 58.1 Å². The lowest BCUT2D eigenvalue weighted by molar-refractivity contribution is -0.285. The lowest BCUT2D eigenvalue weighted by atomic mass is 9.49. The molecule has 3 fully saturated rings. The van der Waals surface area contributed by atoms with Crippen molar-refractivity contribution in [3.8, 4) is 0 Å². The maximum Gasteiger partial charge on any atom is 0.338 e. The van der Waals surface area contributed by atoms with Crippen LogP contribution in [0.5, 0.6) is 0 Å². The zero-order valence-corrected chi connectivity index (χ0v) is 20.3. The fourth-order valence-corrected chi connectivity index (χ4v) is 6.74. The van der Waals surface area contributed by atoms with Crippen molar-refractivity contribution < 1.29 is 33.3 Å². The smallest absolute Gasteiger partial charge is 0.338 e. The number of carbonyl (C=O) groups is 3. The van der Waals surface area contributed by atoms with Crippen LogP contribution in [-0.4, -0.2) is 47.4 Å². The summed E-state index contributed by atoms with van der Waals surface area (Å²) in [6, 6.07) is 8.84. The van der Waals surface area contributed by atoms with Gasteiger partial charge in [0.1, 0.15) is 23.9 Å². The minimum atomic E-state index is -0.967. The molecule has 3 aliphatic rings. The van der Waals surface area contributed by atoms with Crippen LogP contribution < -0.4 is 0 Å². The van der Waals surface area contributed by atoms with Crippen molar-refractivity contribution in [3.63, 3.8) is 0 Å². The monoisotopic (exact) mass is 458 g/mol. The molecule has 180 valence electrons. The summed E-state index contributed by atoms with van der Waals surface area (Å²) in [4.78, 5) is 37.4. The number of hydrogen-bond acceptors (Lipinski definition) is 7. The largest absolute Gasteiger partial charge is 0.462 e. The maximum atomic E-state index is 13.1. The van der Waals surface area contributed by atoms with E-state index in [1.165, 1.54) is 13.8 Å². The van der Waals surface area contributed by atoms with Gasteiger partial charge in [-0.1, -0.05) is 25.1 Å². The van der Waals surface area contributed by atoms with Gasteiger partial charge in [0.25, 0.3) is 0 Å². The summed E-state index contributed by atoms with van der Waals surface area (Å²) >= 11 is 0. The first-order chi connectivity index (χ1) is 15.4. The normalized spacial score (nSPS) is 38.7. The zero-order chi connectivity index (χ0) is 24.2. The molecule has 1 aromatic rings. The molecule has 7 heteroatoms. The molecule has 0 aromatic heterocycles. The SMILES string of the molecule is CC(=O)OC1CC2C(OC(C)=O)C3(OC2(C)C)C(C)CCC(OC(=O)c2ccccc2)C13C. The van der Waals surface area contributed by atoms with Gasteiger partial charge in [0.05, 0.1) is 16.6 Å². The first kappa shape index (κ1) is 23.7. The minimum Gasteiger partial charge on any atom is -0.462 e. The van der Waals surface area contributed by atoms with Crippen LogP contribution >= 0.6 is 0 Å². The van der Waals surface area contributed by atoms with E-state index in [1.54, 1.807) is 24.3 Å². The van der Waals surface area contributed by atoms with Crippen molar-refractivity contribution >= 4 is 17.9 Å². The average Bonchev–Trinajstić information content (AvgIpc) is 2.91. The van der Waals surface area contributed by atoms with Crippen LogP contribution in [0.4, 0.5) is 0 Å². The molecule has 7 nitrogen and oxygen atoms in total. The Kier molecular flexibility index (Phi) is 5.84. The van der Waals surface area contributed by atoms with Gasteiger partial charge in [-0.2, -0.15) is 0 Å². The third-order valence-electron chi connectivity index (χ3n) is 8.21. The van der Waals surface area contributed by atoms with Gasteiger partial charge in [-0.15, -0.1) is 0 Å². The van der Waals surface area contributed by atoms with Crippen LogP contribution in [-0.2, 0) is 28.5 Å². The van der Waals surface area contributed by atoms with Crippen molar-refractivity contribution in [2.75, 3.05) is 0 Å². The summed E-state index contributed by atoms with van der Waals surface area (Å²) in [5.41, 5.74) is -2.04. The second kappa shape index (κ2) is 8.12. The molecule has 2 aliphatic carbocycles. The fraction of sp³-hybridized carbons (Fsp3) is 0.654. The average molecular weight is 459 g/mol. The van der Waals surface area contributed by atoms with Crippen LogP contribution in [0, 0.1) is 17.3 Å². The van der Waals surface area contributed by atoms with Crippen LogP contribution in [0.15, 0.2) is 30.3 Å². The maximum absolute atomic E-state index is 13.1. The first-order valence-corrected chi connectivity index (χ1v) is 11.7. The molecular formula is C26H34O7. The number of rotatable bonds is 4. The fourth-order valence-electron chi connectivity index (χ4n) is 6.74. The number of carbonyl (C=O) groups excluding carboxylic acids is 3. The molecule has 2 bridgehead atoms. The van der Waals surface area contributed by atoms with Crippen molar-refractivity contribution in [3.05, 3.63) is 35.9 Å². The third kappa shape index (κ3) is 3.56. The summed E-state index contributed by atoms with van der Waals surface area (Å²) in [5.74, 6) is -1.39. The topological polar surface area (TPSA) is 88.1 Å². The van der Waals surface area contributed by atoms with Crippen LogP contribution in [0.3, 0.4) is 0 Å². The number of esters is 3. The van der Waals surface area contributed by atoms with E-state index in [1.807, 2.05) is 26.8 Å². The minimum absolute atomic E-state index is 0.0128. The Labute approximate surface area is 195 Å². The van der Waals surface area contributed by atoms with Crippen LogP contribution in [0.25, 0.3) is 0 Å². The number of benzene rings is 1. The third-order valence-corrected chi connectivity index (χ3v) is 8.21. The molecule has 1 heterocycles. The van der Waals surface area contributed by atoms with Gasteiger partial charge in [0, 0.05) is 19.8 Å². The Balaban J connectivity index is 1.83. The molecule has 1 spiro atoms. The summed E-state index contributed by atoms with van der Waals surface area (Å²) in [7, 11) is 0. The molecule has 7 atom stereocenters. The predicted molar refractivity (Wildman–Crippen MR) is 119 cm³/mol. The molecule has 0 radical (unpaired) electrons. The second-order valence-corrected chi connectivity index (χ2v) is 10.5. The molecule has 1 aromatic carbocycles. The highest BCUT2D eigenvalue weighted by molar-refractivity contribution is 5.89.